The van der Waals surface area contributed by atoms with Crippen LogP contribution in [0.4, 0.5) is 10.6 Å². The molecule has 2 heterocycles. The van der Waals surface area contributed by atoms with Crippen molar-refractivity contribution in [3.05, 3.63) is 114 Å². The van der Waals surface area contributed by atoms with Gasteiger partial charge in [0.25, 0.3) is 0 Å². The zero-order valence-electron chi connectivity index (χ0n) is 26.8. The summed E-state index contributed by atoms with van der Waals surface area (Å²) < 4.78 is 7.31. The number of pyridine rings is 1. The number of β-lactam (4-membered cyclic amide) rings is 1. The predicted octanol–water partition coefficient (Wildman–Crippen LogP) is 5.34. The zero-order valence-corrected chi connectivity index (χ0v) is 27.8. The number of aromatic nitrogens is 1. The van der Waals surface area contributed by atoms with Crippen LogP contribution in [0.5, 0.6) is 5.75 Å². The van der Waals surface area contributed by atoms with Gasteiger partial charge >= 0.3 is 6.09 Å². The third-order valence-corrected chi connectivity index (χ3v) is 14.4. The molecule has 2 amide bonds. The van der Waals surface area contributed by atoms with Crippen molar-refractivity contribution in [3.63, 3.8) is 0 Å². The molecule has 0 spiro atoms. The van der Waals surface area contributed by atoms with Gasteiger partial charge in [-0.15, -0.1) is 0 Å². The summed E-state index contributed by atoms with van der Waals surface area (Å²) in [4.78, 5) is 37.6. The summed E-state index contributed by atoms with van der Waals surface area (Å²) in [5.74, 6) is 0.595. The van der Waals surface area contributed by atoms with E-state index in [1.54, 1.807) is 37.7 Å². The fourth-order valence-corrected chi connectivity index (χ4v) is 12.5. The smallest absolute Gasteiger partial charge is 0.413 e. The number of ether oxygens (including phenoxy) is 1. The van der Waals surface area contributed by atoms with Gasteiger partial charge in [0.1, 0.15) is 18.7 Å². The van der Waals surface area contributed by atoms with E-state index < -0.39 is 20.2 Å². The van der Waals surface area contributed by atoms with Crippen LogP contribution in [-0.2, 0) is 22.6 Å². The highest BCUT2D eigenvalue weighted by atomic mass is 28.3. The minimum atomic E-state index is -2.97. The highest BCUT2D eigenvalue weighted by Crippen LogP contribution is 2.45. The molecular formula is C36H40N4O5Si. The Hall–Kier alpha value is -4.96. The van der Waals surface area contributed by atoms with Crippen LogP contribution in [0.15, 0.2) is 108 Å². The molecule has 2 atom stereocenters. The van der Waals surface area contributed by atoms with Crippen molar-refractivity contribution in [2.45, 2.75) is 44.8 Å². The summed E-state index contributed by atoms with van der Waals surface area (Å²) >= 11 is 0. The number of carboxylic acid groups (broad SMARTS) is 1. The van der Waals surface area contributed by atoms with E-state index >= 15 is 0 Å². The Balaban J connectivity index is 1.51. The maximum Gasteiger partial charge on any atom is 0.413 e. The van der Waals surface area contributed by atoms with Crippen LogP contribution in [0.25, 0.3) is 0 Å². The third kappa shape index (κ3) is 6.12. The molecule has 9 nitrogen and oxygen atoms in total. The first-order valence-corrected chi connectivity index (χ1v) is 17.2. The Kier molecular flexibility index (Phi) is 9.57. The minimum absolute atomic E-state index is 0.0357. The van der Waals surface area contributed by atoms with E-state index in [1.165, 1.54) is 12.0 Å². The first-order chi connectivity index (χ1) is 22.1. The van der Waals surface area contributed by atoms with Crippen molar-refractivity contribution >= 4 is 42.6 Å². The highest BCUT2D eigenvalue weighted by Gasteiger charge is 2.63. The van der Waals surface area contributed by atoms with E-state index in [1.807, 2.05) is 54.6 Å². The number of carbonyl (C=O) groups excluding carboxylic acids is 1. The Labute approximate surface area is 271 Å². The summed E-state index contributed by atoms with van der Waals surface area (Å²) in [6.45, 7) is 6.75. The lowest BCUT2D eigenvalue weighted by atomic mass is 9.85. The summed E-state index contributed by atoms with van der Waals surface area (Å²) in [7, 11) is 0.116. The molecule has 0 aliphatic carbocycles. The van der Waals surface area contributed by atoms with E-state index in [4.69, 9.17) is 9.57 Å². The second kappa shape index (κ2) is 13.6. The van der Waals surface area contributed by atoms with Gasteiger partial charge in [0.2, 0.25) is 14.1 Å². The summed E-state index contributed by atoms with van der Waals surface area (Å²) in [6.07, 6.45) is 2.60. The molecule has 3 aromatic carbocycles. The van der Waals surface area contributed by atoms with Gasteiger partial charge in [0, 0.05) is 6.20 Å². The van der Waals surface area contributed by atoms with Crippen molar-refractivity contribution < 1.29 is 24.3 Å². The van der Waals surface area contributed by atoms with E-state index in [0.29, 0.717) is 18.0 Å². The highest BCUT2D eigenvalue weighted by molar-refractivity contribution is 7.03. The van der Waals surface area contributed by atoms with Crippen LogP contribution in [0.3, 0.4) is 0 Å². The van der Waals surface area contributed by atoms with Crippen LogP contribution in [-0.4, -0.2) is 61.4 Å². The molecule has 0 radical (unpaired) electrons. The second-order valence-corrected chi connectivity index (χ2v) is 16.9. The number of anilines is 1. The third-order valence-electron chi connectivity index (χ3n) is 8.69. The van der Waals surface area contributed by atoms with E-state index in [0.717, 1.165) is 21.5 Å². The van der Waals surface area contributed by atoms with Gasteiger partial charge in [-0.25, -0.2) is 9.78 Å². The lowest BCUT2D eigenvalue weighted by Crippen LogP contribution is -2.84. The molecule has 4 aromatic rings. The zero-order chi connectivity index (χ0) is 32.9. The van der Waals surface area contributed by atoms with Crippen LogP contribution in [0.1, 0.15) is 31.9 Å². The van der Waals surface area contributed by atoms with Gasteiger partial charge in [-0.3, -0.25) is 9.69 Å². The first-order valence-electron chi connectivity index (χ1n) is 15.2. The maximum atomic E-state index is 14.5. The van der Waals surface area contributed by atoms with Crippen LogP contribution < -0.4 is 20.0 Å². The van der Waals surface area contributed by atoms with E-state index in [-0.39, 0.29) is 23.5 Å². The predicted molar refractivity (Wildman–Crippen MR) is 182 cm³/mol. The molecule has 0 saturated carbocycles. The van der Waals surface area contributed by atoms with Crippen LogP contribution >= 0.6 is 0 Å². The quantitative estimate of drug-likeness (QED) is 0.103. The number of methoxy groups -OCH3 is 1. The van der Waals surface area contributed by atoms with Gasteiger partial charge in [0.15, 0.2) is 0 Å². The van der Waals surface area contributed by atoms with Crippen LogP contribution in [0, 0.1) is 5.92 Å². The molecule has 238 valence electrons. The Bertz CT molecular complexity index is 1640. The first kappa shape index (κ1) is 32.4. The van der Waals surface area contributed by atoms with Crippen molar-refractivity contribution in [1.82, 2.24) is 9.55 Å². The molecule has 5 rings (SSSR count). The number of oxime groups is 1. The van der Waals surface area contributed by atoms with E-state index in [9.17, 15) is 14.7 Å². The van der Waals surface area contributed by atoms with Crippen molar-refractivity contribution in [2.75, 3.05) is 19.1 Å². The maximum absolute atomic E-state index is 14.5. The molecule has 1 saturated heterocycles. The molecule has 1 aromatic heterocycles. The number of carbonyl (C=O) groups is 2. The largest absolute Gasteiger partial charge is 0.497 e. The average Bonchev–Trinajstić information content (AvgIpc) is 3.06. The Morgan fingerprint density at radius 3 is 2.09 bits per heavy atom. The van der Waals surface area contributed by atoms with Gasteiger partial charge in [-0.05, 0) is 57.2 Å². The van der Waals surface area contributed by atoms with Crippen molar-refractivity contribution in [3.8, 4) is 5.75 Å². The number of rotatable bonds is 11. The Morgan fingerprint density at radius 2 is 1.57 bits per heavy atom. The monoisotopic (exact) mass is 636 g/mol. The lowest BCUT2D eigenvalue weighted by Gasteiger charge is -2.60. The summed E-state index contributed by atoms with van der Waals surface area (Å²) in [6, 6.07) is 31.1. The summed E-state index contributed by atoms with van der Waals surface area (Å²) in [5.41, 5.74) is 1.60. The normalized spacial score (nSPS) is 16.6. The van der Waals surface area contributed by atoms with Gasteiger partial charge in [-0.2, -0.15) is 0 Å². The number of nitrogens with zero attached hydrogens (tertiary/aromatic N) is 4. The number of amides is 2. The number of hydrogen-bond acceptors (Lipinski definition) is 6. The molecule has 1 aliphatic rings. The topological polar surface area (TPSA) is 105 Å². The standard InChI is InChI=1S/C36H40N4O5Si/c1-36(2,3)46(29-12-8-6-9-13-29,30-14-10-7-11-15-30)40-32(24-38-45-5)31(34(40)41)22-27-20-21-37-33(23-27)39(35(42)43)25-26-16-18-28(44-4)19-17-26/h6-21,23-24,31-32H,22,25H2,1-5H3,(H,42,43)/t31-,32-/m1/s1. The van der Waals surface area contributed by atoms with Crippen molar-refractivity contribution in [2.24, 2.45) is 11.1 Å². The molecule has 0 unspecified atom stereocenters. The lowest BCUT2D eigenvalue weighted by molar-refractivity contribution is -0.144. The fraction of sp³-hybridized carbons (Fsp3) is 0.278. The van der Waals surface area contributed by atoms with Gasteiger partial charge < -0.3 is 19.2 Å². The number of hydrogen-bond donors (Lipinski definition) is 1. The van der Waals surface area contributed by atoms with Crippen molar-refractivity contribution in [1.29, 1.82) is 0 Å². The molecule has 10 heteroatoms. The van der Waals surface area contributed by atoms with Gasteiger partial charge in [-0.1, -0.05) is 98.7 Å². The van der Waals surface area contributed by atoms with E-state index in [2.05, 4.69) is 59.7 Å². The SMILES string of the molecule is CON=C[C@@H]1[C@@H](Cc2ccnc(N(Cc3ccc(OC)cc3)C(=O)O)c2)C(=O)N1[Si](c1ccccc1)(c1ccccc1)C(C)(C)C. The summed E-state index contributed by atoms with van der Waals surface area (Å²) in [5, 5.41) is 16.3. The van der Waals surface area contributed by atoms with Crippen LogP contribution in [0.2, 0.25) is 5.04 Å². The molecular weight excluding hydrogens is 597 g/mol. The van der Waals surface area contributed by atoms with Gasteiger partial charge in [0.05, 0.1) is 31.8 Å². The Morgan fingerprint density at radius 1 is 0.957 bits per heavy atom. The number of benzene rings is 3. The molecule has 1 aliphatic heterocycles. The molecule has 1 N–H and O–H groups in total. The fourth-order valence-electron chi connectivity index (χ4n) is 6.64. The minimum Gasteiger partial charge on any atom is -0.497 e. The molecule has 1 fully saturated rings. The second-order valence-electron chi connectivity index (χ2n) is 12.4. The molecule has 46 heavy (non-hydrogen) atoms. The average molecular weight is 637 g/mol. The molecule has 0 bridgehead atoms.